The van der Waals surface area contributed by atoms with Crippen LogP contribution in [0.15, 0.2) is 24.3 Å². The van der Waals surface area contributed by atoms with Crippen molar-refractivity contribution in [2.24, 2.45) is 0 Å². The molecule has 0 aromatic heterocycles. The highest BCUT2D eigenvalue weighted by Gasteiger charge is 2.24. The first kappa shape index (κ1) is 12.6. The molecule has 0 saturated heterocycles. The zero-order valence-electron chi connectivity index (χ0n) is 8.55. The zero-order chi connectivity index (χ0) is 12.3. The van der Waals surface area contributed by atoms with E-state index in [0.29, 0.717) is 0 Å². The predicted octanol–water partition coefficient (Wildman–Crippen LogP) is 1.04. The second-order valence-corrected chi connectivity index (χ2v) is 5.72. The highest BCUT2D eigenvalue weighted by molar-refractivity contribution is 7.90. The summed E-state index contributed by atoms with van der Waals surface area (Å²) >= 11 is 0. The lowest BCUT2D eigenvalue weighted by Gasteiger charge is -2.11. The van der Waals surface area contributed by atoms with Gasteiger partial charge in [-0.1, -0.05) is 12.1 Å². The van der Waals surface area contributed by atoms with Crippen molar-refractivity contribution in [3.63, 3.8) is 0 Å². The van der Waals surface area contributed by atoms with Crippen molar-refractivity contribution in [2.75, 3.05) is 12.0 Å². The fourth-order valence-corrected chi connectivity index (χ4v) is 2.25. The molecule has 16 heavy (non-hydrogen) atoms. The average molecular weight is 246 g/mol. The lowest BCUT2D eigenvalue weighted by atomic mass is 10.0. The third-order valence-electron chi connectivity index (χ3n) is 2.04. The van der Waals surface area contributed by atoms with Crippen molar-refractivity contribution in [3.8, 4) is 0 Å². The third-order valence-corrected chi connectivity index (χ3v) is 2.98. The fraction of sp³-hybridized carbons (Fsp3) is 0.300. The first-order chi connectivity index (χ1) is 7.29. The van der Waals surface area contributed by atoms with Crippen LogP contribution in [0.3, 0.4) is 0 Å². The van der Waals surface area contributed by atoms with E-state index >= 15 is 0 Å². The molecule has 1 aromatic carbocycles. The maximum Gasteiger partial charge on any atom is 0.312 e. The summed E-state index contributed by atoms with van der Waals surface area (Å²) in [5.74, 6) is -3.38. The number of sulfone groups is 1. The summed E-state index contributed by atoms with van der Waals surface area (Å²) in [4.78, 5) is 10.9. The number of hydrogen-bond donors (Lipinski definition) is 1. The Labute approximate surface area is 92.6 Å². The molecule has 1 aromatic rings. The van der Waals surface area contributed by atoms with Crippen molar-refractivity contribution in [1.82, 2.24) is 0 Å². The van der Waals surface area contributed by atoms with Crippen LogP contribution in [0, 0.1) is 5.82 Å². The maximum absolute atomic E-state index is 12.6. The van der Waals surface area contributed by atoms with Gasteiger partial charge in [0, 0.05) is 6.26 Å². The molecule has 88 valence electrons. The highest BCUT2D eigenvalue weighted by atomic mass is 32.2. The Morgan fingerprint density at radius 1 is 1.38 bits per heavy atom. The molecule has 0 saturated carbocycles. The molecule has 0 aliphatic rings. The molecule has 1 N–H and O–H groups in total. The van der Waals surface area contributed by atoms with E-state index < -0.39 is 33.3 Å². The monoisotopic (exact) mass is 246 g/mol. The van der Waals surface area contributed by atoms with Gasteiger partial charge in [-0.3, -0.25) is 4.79 Å². The minimum absolute atomic E-state index is 0.277. The van der Waals surface area contributed by atoms with Crippen LogP contribution in [0.1, 0.15) is 11.5 Å². The van der Waals surface area contributed by atoms with Gasteiger partial charge in [-0.25, -0.2) is 12.8 Å². The zero-order valence-corrected chi connectivity index (χ0v) is 9.37. The summed E-state index contributed by atoms with van der Waals surface area (Å²) in [5, 5.41) is 8.90. The number of rotatable bonds is 4. The molecular formula is C10H11FO4S. The number of aliphatic carboxylic acids is 1. The van der Waals surface area contributed by atoms with Crippen molar-refractivity contribution < 1.29 is 22.7 Å². The molecule has 0 aliphatic heterocycles. The smallest absolute Gasteiger partial charge is 0.312 e. The Morgan fingerprint density at radius 3 is 2.25 bits per heavy atom. The van der Waals surface area contributed by atoms with Gasteiger partial charge >= 0.3 is 5.97 Å². The largest absolute Gasteiger partial charge is 0.481 e. The summed E-state index contributed by atoms with van der Waals surface area (Å²) in [7, 11) is -3.40. The summed E-state index contributed by atoms with van der Waals surface area (Å²) in [6.07, 6.45) is 0.965. The van der Waals surface area contributed by atoms with Crippen molar-refractivity contribution in [1.29, 1.82) is 0 Å². The van der Waals surface area contributed by atoms with Gasteiger partial charge in [-0.15, -0.1) is 0 Å². The lowest BCUT2D eigenvalue weighted by Crippen LogP contribution is -2.21. The number of carbonyl (C=O) groups is 1. The molecule has 1 atom stereocenters. The van der Waals surface area contributed by atoms with Crippen LogP contribution in [0.2, 0.25) is 0 Å². The quantitative estimate of drug-likeness (QED) is 0.861. The third kappa shape index (κ3) is 3.62. The Morgan fingerprint density at radius 2 is 1.88 bits per heavy atom. The number of carboxylic acids is 1. The van der Waals surface area contributed by atoms with Crippen molar-refractivity contribution in [2.45, 2.75) is 5.92 Å². The highest BCUT2D eigenvalue weighted by Crippen LogP contribution is 2.18. The number of carboxylic acid groups (broad SMARTS) is 1. The molecule has 4 nitrogen and oxygen atoms in total. The van der Waals surface area contributed by atoms with Gasteiger partial charge < -0.3 is 5.11 Å². The van der Waals surface area contributed by atoms with Gasteiger partial charge in [0.15, 0.2) is 0 Å². The van der Waals surface area contributed by atoms with Crippen molar-refractivity contribution >= 4 is 15.8 Å². The van der Waals surface area contributed by atoms with Crippen LogP contribution in [-0.4, -0.2) is 31.5 Å². The van der Waals surface area contributed by atoms with Crippen LogP contribution in [-0.2, 0) is 14.6 Å². The lowest BCUT2D eigenvalue weighted by molar-refractivity contribution is -0.138. The summed E-state index contributed by atoms with van der Waals surface area (Å²) in [5.41, 5.74) is 0.277. The van der Waals surface area contributed by atoms with Gasteiger partial charge in [0.2, 0.25) is 0 Å². The van der Waals surface area contributed by atoms with E-state index in [-0.39, 0.29) is 5.56 Å². The standard InChI is InChI=1S/C10H11FO4S/c1-16(14,15)6-9(10(12)13)7-2-4-8(11)5-3-7/h2-5,9H,6H2,1H3,(H,12,13). The molecular weight excluding hydrogens is 235 g/mol. The molecule has 0 radical (unpaired) electrons. The van der Waals surface area contributed by atoms with Gasteiger partial charge in [0.1, 0.15) is 15.7 Å². The molecule has 6 heteroatoms. The van der Waals surface area contributed by atoms with E-state index in [9.17, 15) is 17.6 Å². The minimum Gasteiger partial charge on any atom is -0.481 e. The van der Waals surface area contributed by atoms with E-state index in [1.165, 1.54) is 12.1 Å². The van der Waals surface area contributed by atoms with Crippen LogP contribution in [0.4, 0.5) is 4.39 Å². The van der Waals surface area contributed by atoms with Crippen LogP contribution in [0.5, 0.6) is 0 Å². The molecule has 0 bridgehead atoms. The summed E-state index contributed by atoms with van der Waals surface area (Å²) in [6, 6.07) is 4.76. The second-order valence-electron chi connectivity index (χ2n) is 3.53. The van der Waals surface area contributed by atoms with Gasteiger partial charge in [-0.05, 0) is 17.7 Å². The maximum atomic E-state index is 12.6. The Bertz CT molecular complexity index is 478. The van der Waals surface area contributed by atoms with Crippen LogP contribution in [0.25, 0.3) is 0 Å². The Balaban J connectivity index is 3.03. The van der Waals surface area contributed by atoms with E-state index in [2.05, 4.69) is 0 Å². The minimum atomic E-state index is -3.40. The molecule has 1 unspecified atom stereocenters. The molecule has 0 amide bonds. The van der Waals surface area contributed by atoms with Crippen LogP contribution < -0.4 is 0 Å². The molecule has 0 aliphatic carbocycles. The average Bonchev–Trinajstić information content (AvgIpc) is 2.14. The first-order valence-electron chi connectivity index (χ1n) is 4.45. The van der Waals surface area contributed by atoms with E-state index in [1.807, 2.05) is 0 Å². The van der Waals surface area contributed by atoms with E-state index in [4.69, 9.17) is 5.11 Å². The van der Waals surface area contributed by atoms with Crippen molar-refractivity contribution in [3.05, 3.63) is 35.6 Å². The Kier molecular flexibility index (Phi) is 3.64. The van der Waals surface area contributed by atoms with E-state index in [1.54, 1.807) is 0 Å². The molecule has 1 rings (SSSR count). The summed E-state index contributed by atoms with van der Waals surface area (Å²) in [6.45, 7) is 0. The number of hydrogen-bond acceptors (Lipinski definition) is 3. The predicted molar refractivity (Wildman–Crippen MR) is 56.5 cm³/mol. The fourth-order valence-electron chi connectivity index (χ4n) is 1.31. The molecule has 0 heterocycles. The van der Waals surface area contributed by atoms with Gasteiger partial charge in [0.25, 0.3) is 0 Å². The molecule has 0 fully saturated rings. The molecule has 0 spiro atoms. The van der Waals surface area contributed by atoms with E-state index in [0.717, 1.165) is 18.4 Å². The van der Waals surface area contributed by atoms with Gasteiger partial charge in [0.05, 0.1) is 11.7 Å². The number of benzene rings is 1. The number of halogens is 1. The SMILES string of the molecule is CS(=O)(=O)CC(C(=O)O)c1ccc(F)cc1. The second kappa shape index (κ2) is 4.61. The Hall–Kier alpha value is -1.43. The van der Waals surface area contributed by atoms with Gasteiger partial charge in [-0.2, -0.15) is 0 Å². The topological polar surface area (TPSA) is 71.4 Å². The first-order valence-corrected chi connectivity index (χ1v) is 6.51. The normalized spacial score (nSPS) is 13.4. The summed E-state index contributed by atoms with van der Waals surface area (Å²) < 4.78 is 34.7. The van der Waals surface area contributed by atoms with Crippen LogP contribution >= 0.6 is 0 Å².